The second-order valence-electron chi connectivity index (χ2n) is 7.98. The van der Waals surface area contributed by atoms with Gasteiger partial charge in [-0.1, -0.05) is 29.5 Å². The molecule has 38 heavy (non-hydrogen) atoms. The lowest BCUT2D eigenvalue weighted by molar-refractivity contribution is -0.137. The quantitative estimate of drug-likeness (QED) is 0.251. The number of ether oxygens (including phenoxy) is 1. The standard InChI is InChI=1S/C26H16F3N5O3S/c1-14(36)31-25-34-23-20(3-2-4-21(23)38-25)37-22-11-19(15-5-7-17(8-6-15)26(27,28)29)32-24(33-22)18-9-10-30-12-16(18)13-35/h2-13H,1H3,(H,31,34,36). The third-order valence-electron chi connectivity index (χ3n) is 5.31. The summed E-state index contributed by atoms with van der Waals surface area (Å²) >= 11 is 1.27. The Morgan fingerprint density at radius 1 is 1.05 bits per heavy atom. The van der Waals surface area contributed by atoms with E-state index in [-0.39, 0.29) is 28.9 Å². The molecule has 0 aliphatic carbocycles. The number of carbonyl (C=O) groups excluding carboxylic acids is 2. The predicted octanol–water partition coefficient (Wildman–Crippen LogP) is 6.40. The van der Waals surface area contributed by atoms with Gasteiger partial charge in [-0.25, -0.2) is 9.97 Å². The molecule has 0 bridgehead atoms. The Labute approximate surface area is 217 Å². The molecular formula is C26H16F3N5O3S. The molecule has 1 N–H and O–H groups in total. The van der Waals surface area contributed by atoms with E-state index in [2.05, 4.69) is 25.3 Å². The summed E-state index contributed by atoms with van der Waals surface area (Å²) in [6.07, 6.45) is -1.05. The number of aromatic nitrogens is 4. The zero-order valence-electron chi connectivity index (χ0n) is 19.5. The molecule has 3 aromatic heterocycles. The molecule has 0 unspecified atom stereocenters. The Hall–Kier alpha value is -4.71. The summed E-state index contributed by atoms with van der Waals surface area (Å²) in [5, 5.41) is 3.04. The highest BCUT2D eigenvalue weighted by Crippen LogP contribution is 2.36. The van der Waals surface area contributed by atoms with Crippen LogP contribution in [0.1, 0.15) is 22.8 Å². The van der Waals surface area contributed by atoms with Crippen LogP contribution in [0.25, 0.3) is 32.9 Å². The number of alkyl halides is 3. The Bertz CT molecular complexity index is 1670. The molecule has 0 atom stereocenters. The fourth-order valence-electron chi connectivity index (χ4n) is 3.60. The second-order valence-corrected chi connectivity index (χ2v) is 9.01. The van der Waals surface area contributed by atoms with Crippen molar-refractivity contribution in [3.05, 3.63) is 78.1 Å². The number of anilines is 1. The highest BCUT2D eigenvalue weighted by molar-refractivity contribution is 7.22. The maximum atomic E-state index is 13.1. The SMILES string of the molecule is CC(=O)Nc1nc2c(Oc3cc(-c4ccc(C(F)(F)F)cc4)nc(-c4ccncc4C=O)n3)cccc2s1. The molecule has 0 aliphatic rings. The van der Waals surface area contributed by atoms with Crippen molar-refractivity contribution in [1.82, 2.24) is 19.9 Å². The fourth-order valence-corrected chi connectivity index (χ4v) is 4.53. The highest BCUT2D eigenvalue weighted by Gasteiger charge is 2.30. The third kappa shape index (κ3) is 5.20. The molecule has 0 aliphatic heterocycles. The first-order valence-corrected chi connectivity index (χ1v) is 11.8. The van der Waals surface area contributed by atoms with Crippen LogP contribution in [0.2, 0.25) is 0 Å². The summed E-state index contributed by atoms with van der Waals surface area (Å²) in [4.78, 5) is 40.4. The van der Waals surface area contributed by atoms with Gasteiger partial charge in [-0.15, -0.1) is 0 Å². The Morgan fingerprint density at radius 2 is 1.84 bits per heavy atom. The monoisotopic (exact) mass is 535 g/mol. The Kier molecular flexibility index (Phi) is 6.55. The molecule has 190 valence electrons. The number of hydrogen-bond donors (Lipinski definition) is 1. The van der Waals surface area contributed by atoms with Crippen LogP contribution >= 0.6 is 11.3 Å². The van der Waals surface area contributed by atoms with Crippen LogP contribution in [0.15, 0.2) is 67.0 Å². The number of pyridine rings is 1. The minimum atomic E-state index is -4.48. The Balaban J connectivity index is 1.61. The van der Waals surface area contributed by atoms with E-state index in [9.17, 15) is 22.8 Å². The lowest BCUT2D eigenvalue weighted by atomic mass is 10.1. The summed E-state index contributed by atoms with van der Waals surface area (Å²) < 4.78 is 46.1. The first-order chi connectivity index (χ1) is 18.2. The van der Waals surface area contributed by atoms with Crippen molar-refractivity contribution in [2.75, 3.05) is 5.32 Å². The van der Waals surface area contributed by atoms with Crippen molar-refractivity contribution >= 4 is 38.9 Å². The number of amides is 1. The minimum Gasteiger partial charge on any atom is -0.437 e. The highest BCUT2D eigenvalue weighted by atomic mass is 32.1. The van der Waals surface area contributed by atoms with Crippen LogP contribution < -0.4 is 10.1 Å². The van der Waals surface area contributed by atoms with Crippen LogP contribution in [0.5, 0.6) is 11.6 Å². The number of hydrogen-bond acceptors (Lipinski definition) is 8. The van der Waals surface area contributed by atoms with Gasteiger partial charge >= 0.3 is 6.18 Å². The molecule has 0 spiro atoms. The molecular weight excluding hydrogens is 519 g/mol. The van der Waals surface area contributed by atoms with Gasteiger partial charge in [-0.05, 0) is 30.3 Å². The van der Waals surface area contributed by atoms with Gasteiger partial charge < -0.3 is 10.1 Å². The molecule has 12 heteroatoms. The van der Waals surface area contributed by atoms with E-state index in [4.69, 9.17) is 4.74 Å². The van der Waals surface area contributed by atoms with Crippen molar-refractivity contribution < 1.29 is 27.5 Å². The number of para-hydroxylation sites is 1. The Morgan fingerprint density at radius 3 is 2.55 bits per heavy atom. The fraction of sp³-hybridized carbons (Fsp3) is 0.0769. The van der Waals surface area contributed by atoms with E-state index in [1.807, 2.05) is 6.07 Å². The van der Waals surface area contributed by atoms with E-state index in [1.54, 1.807) is 18.2 Å². The number of nitrogens with one attached hydrogen (secondary N) is 1. The van der Waals surface area contributed by atoms with Gasteiger partial charge in [0.25, 0.3) is 0 Å². The molecule has 1 amide bonds. The first kappa shape index (κ1) is 25.0. The average molecular weight is 536 g/mol. The topological polar surface area (TPSA) is 107 Å². The third-order valence-corrected chi connectivity index (χ3v) is 6.25. The molecule has 0 fully saturated rings. The molecule has 3 heterocycles. The van der Waals surface area contributed by atoms with E-state index >= 15 is 0 Å². The summed E-state index contributed by atoms with van der Waals surface area (Å²) in [5.74, 6) is 0.256. The number of rotatable bonds is 6. The number of thiazole rings is 1. The number of halogens is 3. The largest absolute Gasteiger partial charge is 0.437 e. The normalized spacial score (nSPS) is 11.4. The minimum absolute atomic E-state index is 0.0696. The number of aldehydes is 1. The molecule has 0 saturated carbocycles. The van der Waals surface area contributed by atoms with E-state index in [0.717, 1.165) is 16.8 Å². The molecule has 5 aromatic rings. The summed E-state index contributed by atoms with van der Waals surface area (Å²) in [5.41, 5.74) is 0.937. The zero-order valence-corrected chi connectivity index (χ0v) is 20.3. The van der Waals surface area contributed by atoms with Gasteiger partial charge in [-0.2, -0.15) is 18.2 Å². The van der Waals surface area contributed by atoms with E-state index in [0.29, 0.717) is 33.8 Å². The van der Waals surface area contributed by atoms with Crippen LogP contribution in [0, 0.1) is 0 Å². The van der Waals surface area contributed by atoms with Crippen LogP contribution in [0.4, 0.5) is 18.3 Å². The predicted molar refractivity (Wildman–Crippen MR) is 135 cm³/mol. The number of fused-ring (bicyclic) bond motifs is 1. The van der Waals surface area contributed by atoms with Crippen LogP contribution in [-0.2, 0) is 11.0 Å². The maximum Gasteiger partial charge on any atom is 0.416 e. The molecule has 0 saturated heterocycles. The first-order valence-electron chi connectivity index (χ1n) is 11.0. The lowest BCUT2D eigenvalue weighted by Gasteiger charge is -2.12. The van der Waals surface area contributed by atoms with Crippen LogP contribution in [-0.4, -0.2) is 32.1 Å². The van der Waals surface area contributed by atoms with Gasteiger partial charge in [0, 0.05) is 42.1 Å². The van der Waals surface area contributed by atoms with E-state index < -0.39 is 11.7 Å². The lowest BCUT2D eigenvalue weighted by Crippen LogP contribution is -2.04. The van der Waals surface area contributed by atoms with Crippen molar-refractivity contribution in [3.8, 4) is 34.3 Å². The van der Waals surface area contributed by atoms with Crippen molar-refractivity contribution in [2.45, 2.75) is 13.1 Å². The van der Waals surface area contributed by atoms with Crippen molar-refractivity contribution in [3.63, 3.8) is 0 Å². The number of benzene rings is 2. The molecule has 5 rings (SSSR count). The van der Waals surface area contributed by atoms with Gasteiger partial charge in [-0.3, -0.25) is 14.6 Å². The molecule has 2 aromatic carbocycles. The second kappa shape index (κ2) is 9.98. The number of nitrogens with zero attached hydrogens (tertiary/aromatic N) is 4. The average Bonchev–Trinajstić information content (AvgIpc) is 3.31. The van der Waals surface area contributed by atoms with Gasteiger partial charge in [0.15, 0.2) is 23.0 Å². The summed E-state index contributed by atoms with van der Waals surface area (Å²) in [6.45, 7) is 1.38. The van der Waals surface area contributed by atoms with E-state index in [1.165, 1.54) is 48.9 Å². The molecule has 0 radical (unpaired) electrons. The van der Waals surface area contributed by atoms with Crippen molar-refractivity contribution in [2.24, 2.45) is 0 Å². The van der Waals surface area contributed by atoms with Crippen LogP contribution in [0.3, 0.4) is 0 Å². The summed E-state index contributed by atoms with van der Waals surface area (Å²) in [6, 6.07) is 12.8. The number of carbonyl (C=O) groups is 2. The smallest absolute Gasteiger partial charge is 0.416 e. The van der Waals surface area contributed by atoms with Gasteiger partial charge in [0.1, 0.15) is 5.52 Å². The van der Waals surface area contributed by atoms with Crippen molar-refractivity contribution in [1.29, 1.82) is 0 Å². The maximum absolute atomic E-state index is 13.1. The van der Waals surface area contributed by atoms with Gasteiger partial charge in [0.2, 0.25) is 11.8 Å². The summed E-state index contributed by atoms with van der Waals surface area (Å²) in [7, 11) is 0. The molecule has 8 nitrogen and oxygen atoms in total. The van der Waals surface area contributed by atoms with Gasteiger partial charge in [0.05, 0.1) is 16.0 Å². The zero-order chi connectivity index (χ0) is 26.9.